The molecule has 2 N–H and O–H groups in total. The number of nitrogen functional groups attached to an aromatic ring is 1. The molecule has 0 saturated carbocycles. The number of carbonyl (C=O) groups excluding carboxylic acids is 2. The van der Waals surface area contributed by atoms with Gasteiger partial charge in [0, 0.05) is 17.3 Å². The van der Waals surface area contributed by atoms with Gasteiger partial charge in [0.1, 0.15) is 0 Å². The third-order valence-electron chi connectivity index (χ3n) is 2.25. The molecule has 4 heteroatoms. The topological polar surface area (TPSA) is 63.4 Å². The van der Waals surface area contributed by atoms with Gasteiger partial charge in [0.15, 0.2) is 0 Å². The van der Waals surface area contributed by atoms with Crippen LogP contribution >= 0.6 is 0 Å². The molecule has 0 radical (unpaired) electrons. The van der Waals surface area contributed by atoms with Crippen LogP contribution in [0, 0.1) is 0 Å². The fraction of sp³-hybridized carbons (Fsp3) is 0.0909. The molecule has 15 heavy (non-hydrogen) atoms. The fourth-order valence-corrected chi connectivity index (χ4v) is 1.46. The summed E-state index contributed by atoms with van der Waals surface area (Å²) >= 11 is 0. The van der Waals surface area contributed by atoms with E-state index in [1.807, 2.05) is 0 Å². The van der Waals surface area contributed by atoms with Gasteiger partial charge in [-0.1, -0.05) is 0 Å². The predicted octanol–water partition coefficient (Wildman–Crippen LogP) is 1.09. The summed E-state index contributed by atoms with van der Waals surface area (Å²) in [4.78, 5) is 24.2. The number of carbonyl (C=O) groups is 2. The number of nitrogens with two attached hydrogens (primary N) is 1. The van der Waals surface area contributed by atoms with Gasteiger partial charge >= 0.3 is 0 Å². The molecule has 0 bridgehead atoms. The highest BCUT2D eigenvalue weighted by atomic mass is 16.2. The zero-order valence-electron chi connectivity index (χ0n) is 8.23. The lowest BCUT2D eigenvalue weighted by Gasteiger charge is -2.14. The maximum Gasteiger partial charge on any atom is 0.261 e. The van der Waals surface area contributed by atoms with Gasteiger partial charge in [-0.15, -0.1) is 0 Å². The van der Waals surface area contributed by atoms with Crippen LogP contribution in [0.3, 0.4) is 0 Å². The van der Waals surface area contributed by atoms with Crippen molar-refractivity contribution >= 4 is 23.2 Å². The van der Waals surface area contributed by atoms with Crippen LogP contribution in [-0.2, 0) is 9.59 Å². The SMILES string of the molecule is CC1=CC(=O)N(c2ccc(N)cc2)C1=O. The second-order valence-electron chi connectivity index (χ2n) is 3.40. The average Bonchev–Trinajstić information content (AvgIpc) is 2.44. The summed E-state index contributed by atoms with van der Waals surface area (Å²) in [5, 5.41) is 0. The minimum absolute atomic E-state index is 0.273. The second-order valence-corrected chi connectivity index (χ2v) is 3.40. The Morgan fingerprint density at radius 3 is 2.20 bits per heavy atom. The number of imide groups is 1. The molecule has 1 aliphatic heterocycles. The number of nitrogens with zero attached hydrogens (tertiary/aromatic N) is 1. The van der Waals surface area contributed by atoms with Crippen LogP contribution in [0.1, 0.15) is 6.92 Å². The van der Waals surface area contributed by atoms with Crippen molar-refractivity contribution in [3.63, 3.8) is 0 Å². The van der Waals surface area contributed by atoms with Gasteiger partial charge in [0.25, 0.3) is 11.8 Å². The van der Waals surface area contributed by atoms with Crippen molar-refractivity contribution in [1.82, 2.24) is 0 Å². The highest BCUT2D eigenvalue weighted by Crippen LogP contribution is 2.22. The van der Waals surface area contributed by atoms with Crippen molar-refractivity contribution in [2.45, 2.75) is 6.92 Å². The van der Waals surface area contributed by atoms with E-state index in [0.29, 0.717) is 16.9 Å². The standard InChI is InChI=1S/C11H10N2O2/c1-7-6-10(14)13(11(7)15)9-4-2-8(12)3-5-9/h2-6H,12H2,1H3. The molecule has 0 atom stereocenters. The third-order valence-corrected chi connectivity index (χ3v) is 2.25. The lowest BCUT2D eigenvalue weighted by atomic mass is 10.2. The highest BCUT2D eigenvalue weighted by molar-refractivity contribution is 6.30. The summed E-state index contributed by atoms with van der Waals surface area (Å²) in [7, 11) is 0. The van der Waals surface area contributed by atoms with Gasteiger partial charge < -0.3 is 5.73 Å². The van der Waals surface area contributed by atoms with Crippen LogP contribution in [0.2, 0.25) is 0 Å². The lowest BCUT2D eigenvalue weighted by molar-refractivity contribution is -0.120. The number of benzene rings is 1. The summed E-state index contributed by atoms with van der Waals surface area (Å²) < 4.78 is 0. The minimum Gasteiger partial charge on any atom is -0.399 e. The van der Waals surface area contributed by atoms with E-state index < -0.39 is 0 Å². The average molecular weight is 202 g/mol. The fourth-order valence-electron chi connectivity index (χ4n) is 1.46. The Labute approximate surface area is 87.0 Å². The number of rotatable bonds is 1. The molecule has 0 aromatic heterocycles. The van der Waals surface area contributed by atoms with Crippen LogP contribution in [-0.4, -0.2) is 11.8 Å². The number of hydrogen-bond acceptors (Lipinski definition) is 3. The Kier molecular flexibility index (Phi) is 2.04. The van der Waals surface area contributed by atoms with Crippen LogP contribution < -0.4 is 10.6 Å². The van der Waals surface area contributed by atoms with Gasteiger partial charge in [-0.3, -0.25) is 9.59 Å². The first-order valence-corrected chi connectivity index (χ1v) is 4.52. The highest BCUT2D eigenvalue weighted by Gasteiger charge is 2.29. The molecule has 0 spiro atoms. The molecule has 1 aliphatic rings. The molecule has 0 saturated heterocycles. The molecular weight excluding hydrogens is 192 g/mol. The summed E-state index contributed by atoms with van der Waals surface area (Å²) in [5.41, 5.74) is 7.12. The smallest absolute Gasteiger partial charge is 0.261 e. The van der Waals surface area contributed by atoms with Gasteiger partial charge in [-0.05, 0) is 31.2 Å². The maximum absolute atomic E-state index is 11.6. The van der Waals surface area contributed by atoms with Crippen molar-refractivity contribution in [1.29, 1.82) is 0 Å². The van der Waals surface area contributed by atoms with Crippen LogP contribution in [0.5, 0.6) is 0 Å². The molecule has 2 amide bonds. The van der Waals surface area contributed by atoms with E-state index in [4.69, 9.17) is 5.73 Å². The van der Waals surface area contributed by atoms with Crippen molar-refractivity contribution in [3.8, 4) is 0 Å². The second kappa shape index (κ2) is 3.24. The number of hydrogen-bond donors (Lipinski definition) is 1. The van der Waals surface area contributed by atoms with E-state index >= 15 is 0 Å². The van der Waals surface area contributed by atoms with Crippen molar-refractivity contribution in [2.75, 3.05) is 10.6 Å². The molecule has 2 rings (SSSR count). The molecule has 1 heterocycles. The monoisotopic (exact) mass is 202 g/mol. The molecule has 1 aromatic carbocycles. The summed E-state index contributed by atoms with van der Waals surface area (Å²) in [6.07, 6.45) is 1.33. The van der Waals surface area contributed by atoms with Crippen molar-refractivity contribution in [3.05, 3.63) is 35.9 Å². The van der Waals surface area contributed by atoms with E-state index in [9.17, 15) is 9.59 Å². The van der Waals surface area contributed by atoms with E-state index in [-0.39, 0.29) is 11.8 Å². The first kappa shape index (κ1) is 9.45. The summed E-state index contributed by atoms with van der Waals surface area (Å²) in [6, 6.07) is 6.61. The summed E-state index contributed by atoms with van der Waals surface area (Å²) in [5.74, 6) is -0.577. The predicted molar refractivity (Wildman–Crippen MR) is 57.1 cm³/mol. The van der Waals surface area contributed by atoms with Gasteiger partial charge in [0.2, 0.25) is 0 Å². The first-order chi connectivity index (χ1) is 7.09. The third kappa shape index (κ3) is 1.50. The van der Waals surface area contributed by atoms with Gasteiger partial charge in [0.05, 0.1) is 5.69 Å². The molecular formula is C11H10N2O2. The van der Waals surface area contributed by atoms with E-state index in [0.717, 1.165) is 4.90 Å². The Hall–Kier alpha value is -2.10. The van der Waals surface area contributed by atoms with E-state index in [1.54, 1.807) is 31.2 Å². The Morgan fingerprint density at radius 1 is 1.13 bits per heavy atom. The zero-order chi connectivity index (χ0) is 11.0. The Balaban J connectivity index is 2.38. The van der Waals surface area contributed by atoms with Crippen LogP contribution in [0.4, 0.5) is 11.4 Å². The maximum atomic E-state index is 11.6. The largest absolute Gasteiger partial charge is 0.399 e. The van der Waals surface area contributed by atoms with E-state index in [1.165, 1.54) is 6.08 Å². The molecule has 76 valence electrons. The molecule has 0 fully saturated rings. The first-order valence-electron chi connectivity index (χ1n) is 4.52. The minimum atomic E-state index is -0.303. The molecule has 1 aromatic rings. The van der Waals surface area contributed by atoms with E-state index in [2.05, 4.69) is 0 Å². The summed E-state index contributed by atoms with van der Waals surface area (Å²) in [6.45, 7) is 1.62. The van der Waals surface area contributed by atoms with Crippen LogP contribution in [0.25, 0.3) is 0 Å². The normalized spacial score (nSPS) is 15.8. The quantitative estimate of drug-likeness (QED) is 0.547. The van der Waals surface area contributed by atoms with Crippen LogP contribution in [0.15, 0.2) is 35.9 Å². The molecule has 0 unspecified atom stereocenters. The molecule has 4 nitrogen and oxygen atoms in total. The molecule has 0 aliphatic carbocycles. The Bertz CT molecular complexity index is 460. The number of amides is 2. The van der Waals surface area contributed by atoms with Gasteiger partial charge in [-0.2, -0.15) is 0 Å². The Morgan fingerprint density at radius 2 is 1.73 bits per heavy atom. The zero-order valence-corrected chi connectivity index (χ0v) is 8.23. The van der Waals surface area contributed by atoms with Crippen molar-refractivity contribution < 1.29 is 9.59 Å². The number of anilines is 2. The van der Waals surface area contributed by atoms with Crippen molar-refractivity contribution in [2.24, 2.45) is 0 Å². The van der Waals surface area contributed by atoms with Gasteiger partial charge in [-0.25, -0.2) is 4.90 Å². The lowest BCUT2D eigenvalue weighted by Crippen LogP contribution is -2.30.